The molecule has 2 rings (SSSR count). The molecule has 1 amide bonds. The SMILES string of the molecule is CCNC(=O)[C@H](C)N[C@H](c1ccccc1)c1ccc(OC(F)F)cc1. The van der Waals surface area contributed by atoms with Gasteiger partial charge in [-0.1, -0.05) is 42.5 Å². The predicted octanol–water partition coefficient (Wildman–Crippen LogP) is 3.49. The lowest BCUT2D eigenvalue weighted by atomic mass is 9.97. The summed E-state index contributed by atoms with van der Waals surface area (Å²) < 4.78 is 29.0. The Labute approximate surface area is 146 Å². The number of hydrogen-bond donors (Lipinski definition) is 2. The third-order valence-corrected chi connectivity index (χ3v) is 3.73. The van der Waals surface area contributed by atoms with Crippen molar-refractivity contribution in [1.29, 1.82) is 0 Å². The number of halogens is 2. The Hall–Kier alpha value is -2.47. The summed E-state index contributed by atoms with van der Waals surface area (Å²) in [6, 6.07) is 15.4. The van der Waals surface area contributed by atoms with Crippen LogP contribution in [0.3, 0.4) is 0 Å². The summed E-state index contributed by atoms with van der Waals surface area (Å²) in [5, 5.41) is 6.07. The van der Waals surface area contributed by atoms with Crippen LogP contribution in [0.2, 0.25) is 0 Å². The van der Waals surface area contributed by atoms with E-state index in [1.54, 1.807) is 19.1 Å². The summed E-state index contributed by atoms with van der Waals surface area (Å²) in [5.41, 5.74) is 1.82. The van der Waals surface area contributed by atoms with Gasteiger partial charge in [0.2, 0.25) is 5.91 Å². The lowest BCUT2D eigenvalue weighted by molar-refractivity contribution is -0.122. The third kappa shape index (κ3) is 5.53. The standard InChI is InChI=1S/C19H22F2N2O2/c1-3-22-18(24)13(2)23-17(14-7-5-4-6-8-14)15-9-11-16(12-10-15)25-19(20)21/h4-13,17,19,23H,3H2,1-2H3,(H,22,24)/t13-,17+/m0/s1. The number of likely N-dealkylation sites (N-methyl/N-ethyl adjacent to an activating group) is 1. The van der Waals surface area contributed by atoms with E-state index in [0.29, 0.717) is 6.54 Å². The van der Waals surface area contributed by atoms with Gasteiger partial charge in [-0.25, -0.2) is 0 Å². The van der Waals surface area contributed by atoms with E-state index in [4.69, 9.17) is 0 Å². The van der Waals surface area contributed by atoms with Crippen LogP contribution in [0, 0.1) is 0 Å². The second-order valence-corrected chi connectivity index (χ2v) is 5.57. The van der Waals surface area contributed by atoms with Crippen molar-refractivity contribution in [3.05, 3.63) is 65.7 Å². The second kappa shape index (κ2) is 9.13. The fraction of sp³-hybridized carbons (Fsp3) is 0.316. The van der Waals surface area contributed by atoms with Gasteiger partial charge in [0.15, 0.2) is 0 Å². The molecule has 0 fully saturated rings. The molecule has 0 saturated carbocycles. The van der Waals surface area contributed by atoms with Crippen LogP contribution in [-0.4, -0.2) is 25.1 Å². The molecule has 2 aromatic carbocycles. The quantitative estimate of drug-likeness (QED) is 0.768. The number of hydrogen-bond acceptors (Lipinski definition) is 3. The van der Waals surface area contributed by atoms with Crippen molar-refractivity contribution in [3.63, 3.8) is 0 Å². The van der Waals surface area contributed by atoms with Crippen molar-refractivity contribution < 1.29 is 18.3 Å². The molecule has 134 valence electrons. The van der Waals surface area contributed by atoms with Crippen LogP contribution in [0.15, 0.2) is 54.6 Å². The second-order valence-electron chi connectivity index (χ2n) is 5.57. The largest absolute Gasteiger partial charge is 0.435 e. The zero-order valence-corrected chi connectivity index (χ0v) is 14.2. The van der Waals surface area contributed by atoms with Gasteiger partial charge in [0, 0.05) is 6.54 Å². The summed E-state index contributed by atoms with van der Waals surface area (Å²) in [7, 11) is 0. The van der Waals surface area contributed by atoms with Crippen molar-refractivity contribution in [1.82, 2.24) is 10.6 Å². The number of alkyl halides is 2. The van der Waals surface area contributed by atoms with Gasteiger partial charge in [-0.05, 0) is 37.1 Å². The van der Waals surface area contributed by atoms with Gasteiger partial charge in [-0.3, -0.25) is 10.1 Å². The highest BCUT2D eigenvalue weighted by Gasteiger charge is 2.20. The van der Waals surface area contributed by atoms with Crippen LogP contribution in [0.5, 0.6) is 5.75 Å². The van der Waals surface area contributed by atoms with Crippen LogP contribution < -0.4 is 15.4 Å². The first-order chi connectivity index (χ1) is 12.0. The van der Waals surface area contributed by atoms with Crippen molar-refractivity contribution in [2.75, 3.05) is 6.54 Å². The van der Waals surface area contributed by atoms with Gasteiger partial charge in [-0.2, -0.15) is 8.78 Å². The molecule has 0 saturated heterocycles. The first-order valence-corrected chi connectivity index (χ1v) is 8.14. The average Bonchev–Trinajstić information content (AvgIpc) is 2.61. The summed E-state index contributed by atoms with van der Waals surface area (Å²) in [6.07, 6.45) is 0. The van der Waals surface area contributed by atoms with Crippen LogP contribution in [0.4, 0.5) is 8.78 Å². The molecule has 0 radical (unpaired) electrons. The normalized spacial score (nSPS) is 13.3. The zero-order valence-electron chi connectivity index (χ0n) is 14.2. The summed E-state index contributed by atoms with van der Waals surface area (Å²) in [4.78, 5) is 12.0. The molecule has 0 aliphatic carbocycles. The minimum absolute atomic E-state index is 0.0962. The van der Waals surface area contributed by atoms with E-state index in [9.17, 15) is 13.6 Å². The number of benzene rings is 2. The number of carbonyl (C=O) groups excluding carboxylic acids is 1. The molecule has 0 aromatic heterocycles. The maximum absolute atomic E-state index is 12.3. The van der Waals surface area contributed by atoms with E-state index in [-0.39, 0.29) is 17.7 Å². The molecule has 2 N–H and O–H groups in total. The van der Waals surface area contributed by atoms with E-state index < -0.39 is 12.7 Å². The number of carbonyl (C=O) groups is 1. The Bertz CT molecular complexity index is 663. The lowest BCUT2D eigenvalue weighted by Gasteiger charge is -2.24. The molecule has 0 heterocycles. The highest BCUT2D eigenvalue weighted by atomic mass is 19.3. The molecule has 0 unspecified atom stereocenters. The van der Waals surface area contributed by atoms with Crippen molar-refractivity contribution in [2.45, 2.75) is 32.5 Å². The van der Waals surface area contributed by atoms with E-state index >= 15 is 0 Å². The monoisotopic (exact) mass is 348 g/mol. The van der Waals surface area contributed by atoms with Gasteiger partial charge in [-0.15, -0.1) is 0 Å². The van der Waals surface area contributed by atoms with Crippen LogP contribution in [-0.2, 0) is 4.79 Å². The van der Waals surface area contributed by atoms with Crippen LogP contribution in [0.25, 0.3) is 0 Å². The predicted molar refractivity (Wildman–Crippen MR) is 92.6 cm³/mol. The fourth-order valence-corrected chi connectivity index (χ4v) is 2.53. The molecule has 6 heteroatoms. The number of amides is 1. The first-order valence-electron chi connectivity index (χ1n) is 8.14. The molecule has 25 heavy (non-hydrogen) atoms. The third-order valence-electron chi connectivity index (χ3n) is 3.73. The Morgan fingerprint density at radius 1 is 1.04 bits per heavy atom. The lowest BCUT2D eigenvalue weighted by Crippen LogP contribution is -2.43. The summed E-state index contributed by atoms with van der Waals surface area (Å²) in [5.74, 6) is 0.00317. The molecular formula is C19H22F2N2O2. The topological polar surface area (TPSA) is 50.4 Å². The minimum Gasteiger partial charge on any atom is -0.435 e. The Morgan fingerprint density at radius 3 is 2.20 bits per heavy atom. The van der Waals surface area contributed by atoms with Gasteiger partial charge >= 0.3 is 6.61 Å². The maximum Gasteiger partial charge on any atom is 0.387 e. The van der Waals surface area contributed by atoms with Gasteiger partial charge in [0.25, 0.3) is 0 Å². The van der Waals surface area contributed by atoms with Gasteiger partial charge in [0.1, 0.15) is 5.75 Å². The Kier molecular flexibility index (Phi) is 6.89. The van der Waals surface area contributed by atoms with Gasteiger partial charge in [0.05, 0.1) is 12.1 Å². The van der Waals surface area contributed by atoms with E-state index in [2.05, 4.69) is 15.4 Å². The van der Waals surface area contributed by atoms with Gasteiger partial charge < -0.3 is 10.1 Å². The van der Waals surface area contributed by atoms with E-state index in [1.807, 2.05) is 37.3 Å². The fourth-order valence-electron chi connectivity index (χ4n) is 2.53. The Balaban J connectivity index is 2.24. The molecule has 0 bridgehead atoms. The minimum atomic E-state index is -2.85. The highest BCUT2D eigenvalue weighted by molar-refractivity contribution is 5.81. The summed E-state index contributed by atoms with van der Waals surface area (Å²) >= 11 is 0. The molecule has 0 aliphatic heterocycles. The molecule has 2 atom stereocenters. The highest BCUT2D eigenvalue weighted by Crippen LogP contribution is 2.25. The van der Waals surface area contributed by atoms with E-state index in [0.717, 1.165) is 11.1 Å². The van der Waals surface area contributed by atoms with Crippen LogP contribution >= 0.6 is 0 Å². The van der Waals surface area contributed by atoms with Crippen molar-refractivity contribution >= 4 is 5.91 Å². The molecule has 2 aromatic rings. The number of nitrogens with one attached hydrogen (secondary N) is 2. The zero-order chi connectivity index (χ0) is 18.2. The average molecular weight is 348 g/mol. The summed E-state index contributed by atoms with van der Waals surface area (Å²) in [6.45, 7) is 1.35. The molecule has 0 spiro atoms. The Morgan fingerprint density at radius 2 is 1.64 bits per heavy atom. The van der Waals surface area contributed by atoms with Crippen molar-refractivity contribution in [3.8, 4) is 5.75 Å². The molecule has 4 nitrogen and oxygen atoms in total. The molecule has 0 aliphatic rings. The number of rotatable bonds is 8. The number of ether oxygens (including phenoxy) is 1. The van der Waals surface area contributed by atoms with Crippen LogP contribution in [0.1, 0.15) is 31.0 Å². The molecular weight excluding hydrogens is 326 g/mol. The smallest absolute Gasteiger partial charge is 0.387 e. The maximum atomic E-state index is 12.3. The first kappa shape index (κ1) is 18.9. The van der Waals surface area contributed by atoms with Crippen molar-refractivity contribution in [2.24, 2.45) is 0 Å². The van der Waals surface area contributed by atoms with E-state index in [1.165, 1.54) is 12.1 Å².